The summed E-state index contributed by atoms with van der Waals surface area (Å²) in [6.45, 7) is 3.88. The molecule has 1 N–H and O–H groups in total. The molecule has 4 nitrogen and oxygen atoms in total. The van der Waals surface area contributed by atoms with Gasteiger partial charge < -0.3 is 10.2 Å². The molecule has 0 bridgehead atoms. The third kappa shape index (κ3) is 7.37. The zero-order chi connectivity index (χ0) is 19.0. The number of benzene rings is 1. The maximum Gasteiger partial charge on any atom is 0.416 e. The summed E-state index contributed by atoms with van der Waals surface area (Å²) in [5, 5.41) is 2.58. The lowest BCUT2D eigenvalue weighted by Crippen LogP contribution is -2.48. The highest BCUT2D eigenvalue weighted by molar-refractivity contribution is 7.99. The predicted molar refractivity (Wildman–Crippen MR) is 92.3 cm³/mol. The summed E-state index contributed by atoms with van der Waals surface area (Å²) in [4.78, 5) is 25.7. The number of carbonyl (C=O) groups is 2. The average molecular weight is 376 g/mol. The molecule has 0 aliphatic rings. The molecule has 0 aliphatic carbocycles. The Hall–Kier alpha value is -1.70. The smallest absolute Gasteiger partial charge is 0.344 e. The van der Waals surface area contributed by atoms with E-state index in [9.17, 15) is 22.8 Å². The van der Waals surface area contributed by atoms with Gasteiger partial charge in [-0.2, -0.15) is 13.2 Å². The van der Waals surface area contributed by atoms with Crippen LogP contribution in [0.5, 0.6) is 0 Å². The van der Waals surface area contributed by atoms with Crippen molar-refractivity contribution < 1.29 is 22.8 Å². The largest absolute Gasteiger partial charge is 0.416 e. The summed E-state index contributed by atoms with van der Waals surface area (Å²) < 4.78 is 38.3. The van der Waals surface area contributed by atoms with E-state index in [0.717, 1.165) is 36.7 Å². The maximum absolute atomic E-state index is 12.8. The monoisotopic (exact) mass is 376 g/mol. The minimum Gasteiger partial charge on any atom is -0.344 e. The molecule has 1 aromatic carbocycles. The van der Waals surface area contributed by atoms with Crippen molar-refractivity contribution in [3.05, 3.63) is 29.8 Å². The molecule has 0 aromatic heterocycles. The Bertz CT molecular complexity index is 594. The molecule has 1 aromatic rings. The second kappa shape index (κ2) is 9.70. The molecule has 0 spiro atoms. The molecule has 0 saturated carbocycles. The van der Waals surface area contributed by atoms with Crippen LogP contribution in [0.25, 0.3) is 0 Å². The van der Waals surface area contributed by atoms with Crippen molar-refractivity contribution in [1.82, 2.24) is 10.2 Å². The molecule has 1 unspecified atom stereocenters. The van der Waals surface area contributed by atoms with Gasteiger partial charge in [-0.05, 0) is 24.6 Å². The Morgan fingerprint density at radius 3 is 2.56 bits per heavy atom. The van der Waals surface area contributed by atoms with Gasteiger partial charge in [0.15, 0.2) is 0 Å². The van der Waals surface area contributed by atoms with Crippen LogP contribution in [0.1, 0.15) is 32.3 Å². The van der Waals surface area contributed by atoms with Crippen molar-refractivity contribution in [2.45, 2.75) is 43.8 Å². The van der Waals surface area contributed by atoms with E-state index in [4.69, 9.17) is 0 Å². The maximum atomic E-state index is 12.8. The summed E-state index contributed by atoms with van der Waals surface area (Å²) in [5.74, 6) is -0.439. The number of thioether (sulfide) groups is 1. The Morgan fingerprint density at radius 2 is 2.00 bits per heavy atom. The van der Waals surface area contributed by atoms with Crippen LogP contribution >= 0.6 is 11.8 Å². The van der Waals surface area contributed by atoms with Crippen molar-refractivity contribution in [2.24, 2.45) is 0 Å². The zero-order valence-corrected chi connectivity index (χ0v) is 15.3. The lowest BCUT2D eigenvalue weighted by molar-refractivity contribution is -0.137. The van der Waals surface area contributed by atoms with Crippen LogP contribution in [0.2, 0.25) is 0 Å². The molecular weight excluding hydrogens is 353 g/mol. The lowest BCUT2D eigenvalue weighted by atomic mass is 10.2. The molecule has 8 heteroatoms. The summed E-state index contributed by atoms with van der Waals surface area (Å²) in [6, 6.07) is 4.14. The second-order valence-electron chi connectivity index (χ2n) is 5.70. The van der Waals surface area contributed by atoms with E-state index in [1.54, 1.807) is 13.1 Å². The number of hydrogen-bond acceptors (Lipinski definition) is 3. The van der Waals surface area contributed by atoms with Crippen molar-refractivity contribution in [2.75, 3.05) is 19.3 Å². The van der Waals surface area contributed by atoms with Crippen LogP contribution in [0.4, 0.5) is 13.2 Å². The SMILES string of the molecule is CCCCN(C)C(=O)C(CSc1cccc(C(F)(F)F)c1)NC(C)=O. The molecule has 0 fully saturated rings. The number of amides is 2. The van der Waals surface area contributed by atoms with E-state index in [-0.39, 0.29) is 17.6 Å². The quantitative estimate of drug-likeness (QED) is 0.706. The molecular formula is C17H23F3N2O2S. The number of halogens is 3. The molecule has 0 saturated heterocycles. The molecule has 140 valence electrons. The summed E-state index contributed by atoms with van der Waals surface area (Å²) in [6.07, 6.45) is -2.64. The van der Waals surface area contributed by atoms with Crippen LogP contribution in [0, 0.1) is 0 Å². The first-order valence-electron chi connectivity index (χ1n) is 7.97. The van der Waals surface area contributed by atoms with Crippen LogP contribution in [-0.4, -0.2) is 42.1 Å². The Balaban J connectivity index is 2.79. The van der Waals surface area contributed by atoms with E-state index in [1.165, 1.54) is 17.9 Å². The van der Waals surface area contributed by atoms with Gasteiger partial charge in [-0.3, -0.25) is 9.59 Å². The van der Waals surface area contributed by atoms with Gasteiger partial charge in [0, 0.05) is 31.2 Å². The fourth-order valence-corrected chi connectivity index (χ4v) is 3.10. The van der Waals surface area contributed by atoms with Crippen molar-refractivity contribution in [3.8, 4) is 0 Å². The lowest BCUT2D eigenvalue weighted by Gasteiger charge is -2.24. The standard InChI is InChI=1S/C17H23F3N2O2S/c1-4-5-9-22(3)16(24)15(21-12(2)23)11-25-14-8-6-7-13(10-14)17(18,19)20/h6-8,10,15H,4-5,9,11H2,1-3H3,(H,21,23). The fourth-order valence-electron chi connectivity index (χ4n) is 2.13. The zero-order valence-electron chi connectivity index (χ0n) is 14.5. The molecule has 0 heterocycles. The number of unbranched alkanes of at least 4 members (excludes halogenated alkanes) is 1. The molecule has 1 rings (SSSR count). The van der Waals surface area contributed by atoms with Gasteiger partial charge >= 0.3 is 6.18 Å². The van der Waals surface area contributed by atoms with E-state index in [0.29, 0.717) is 11.4 Å². The minimum atomic E-state index is -4.41. The Morgan fingerprint density at radius 1 is 1.32 bits per heavy atom. The summed E-state index contributed by atoms with van der Waals surface area (Å²) >= 11 is 1.11. The third-order valence-corrected chi connectivity index (χ3v) is 4.56. The third-order valence-electron chi connectivity index (χ3n) is 3.48. The molecule has 0 radical (unpaired) electrons. The number of rotatable bonds is 8. The van der Waals surface area contributed by atoms with Gasteiger partial charge in [-0.25, -0.2) is 0 Å². The fraction of sp³-hybridized carbons (Fsp3) is 0.529. The first-order valence-corrected chi connectivity index (χ1v) is 8.95. The highest BCUT2D eigenvalue weighted by Gasteiger charge is 2.30. The van der Waals surface area contributed by atoms with Crippen LogP contribution < -0.4 is 5.32 Å². The van der Waals surface area contributed by atoms with Crippen LogP contribution in [0.3, 0.4) is 0 Å². The van der Waals surface area contributed by atoms with Gasteiger partial charge in [-0.15, -0.1) is 11.8 Å². The molecule has 25 heavy (non-hydrogen) atoms. The van der Waals surface area contributed by atoms with Crippen LogP contribution in [0.15, 0.2) is 29.2 Å². The summed E-state index contributed by atoms with van der Waals surface area (Å²) in [7, 11) is 1.65. The Labute approximate surface area is 150 Å². The number of nitrogens with one attached hydrogen (secondary N) is 1. The Kier molecular flexibility index (Phi) is 8.28. The van der Waals surface area contributed by atoms with Crippen molar-refractivity contribution in [3.63, 3.8) is 0 Å². The predicted octanol–water partition coefficient (Wildman–Crippen LogP) is 3.56. The highest BCUT2D eigenvalue weighted by atomic mass is 32.2. The van der Waals surface area contributed by atoms with E-state index >= 15 is 0 Å². The van der Waals surface area contributed by atoms with E-state index in [2.05, 4.69) is 5.32 Å². The summed E-state index contributed by atoms with van der Waals surface area (Å²) in [5.41, 5.74) is -0.736. The number of hydrogen-bond donors (Lipinski definition) is 1. The minimum absolute atomic E-state index is 0.163. The normalized spacial score (nSPS) is 12.6. The molecule has 0 aliphatic heterocycles. The van der Waals surface area contributed by atoms with E-state index < -0.39 is 17.8 Å². The van der Waals surface area contributed by atoms with Crippen LogP contribution in [-0.2, 0) is 15.8 Å². The molecule has 2 amide bonds. The van der Waals surface area contributed by atoms with Gasteiger partial charge in [-0.1, -0.05) is 19.4 Å². The number of nitrogens with zero attached hydrogens (tertiary/aromatic N) is 1. The topological polar surface area (TPSA) is 49.4 Å². The number of likely N-dealkylation sites (N-methyl/N-ethyl adjacent to an activating group) is 1. The van der Waals surface area contributed by atoms with Gasteiger partial charge in [0.1, 0.15) is 6.04 Å². The molecule has 1 atom stereocenters. The second-order valence-corrected chi connectivity index (χ2v) is 6.80. The van der Waals surface area contributed by atoms with E-state index in [1.807, 2.05) is 6.92 Å². The first kappa shape index (κ1) is 21.3. The average Bonchev–Trinajstić information content (AvgIpc) is 2.55. The van der Waals surface area contributed by atoms with Crippen molar-refractivity contribution in [1.29, 1.82) is 0 Å². The number of alkyl halides is 3. The highest BCUT2D eigenvalue weighted by Crippen LogP contribution is 2.32. The van der Waals surface area contributed by atoms with Crippen molar-refractivity contribution >= 4 is 23.6 Å². The number of carbonyl (C=O) groups excluding carboxylic acids is 2. The first-order chi connectivity index (χ1) is 11.6. The van der Waals surface area contributed by atoms with Gasteiger partial charge in [0.25, 0.3) is 0 Å². The van der Waals surface area contributed by atoms with Gasteiger partial charge in [0.2, 0.25) is 11.8 Å². The van der Waals surface area contributed by atoms with Gasteiger partial charge in [0.05, 0.1) is 5.56 Å².